The second-order valence-electron chi connectivity index (χ2n) is 6.11. The van der Waals surface area contributed by atoms with Crippen molar-refractivity contribution in [2.45, 2.75) is 6.54 Å². The van der Waals surface area contributed by atoms with Crippen molar-refractivity contribution < 1.29 is 8.81 Å². The molecule has 0 spiro atoms. The maximum atomic E-state index is 13.5. The first-order valence-electron chi connectivity index (χ1n) is 7.99. The molecule has 0 amide bonds. The first-order valence-corrected chi connectivity index (χ1v) is 8.75. The van der Waals surface area contributed by atoms with Crippen molar-refractivity contribution in [3.05, 3.63) is 87.8 Å². The Morgan fingerprint density at radius 3 is 2.88 bits per heavy atom. The molecule has 3 nitrogen and oxygen atoms in total. The molecule has 0 atom stereocenters. The van der Waals surface area contributed by atoms with Gasteiger partial charge in [0, 0.05) is 32.6 Å². The van der Waals surface area contributed by atoms with E-state index in [2.05, 4.69) is 0 Å². The van der Waals surface area contributed by atoms with Crippen LogP contribution in [0.25, 0.3) is 16.5 Å². The first kappa shape index (κ1) is 15.7. The van der Waals surface area contributed by atoms with Crippen LogP contribution in [0.2, 0.25) is 10.0 Å². The minimum absolute atomic E-state index is 0.301. The van der Waals surface area contributed by atoms with E-state index in [1.165, 1.54) is 12.1 Å². The molecule has 0 saturated carbocycles. The second kappa shape index (κ2) is 5.73. The van der Waals surface area contributed by atoms with Crippen LogP contribution in [-0.4, -0.2) is 10.3 Å². The molecule has 128 valence electrons. The molecule has 0 saturated heterocycles. The van der Waals surface area contributed by atoms with Gasteiger partial charge in [-0.15, -0.1) is 0 Å². The van der Waals surface area contributed by atoms with Gasteiger partial charge < -0.3 is 8.98 Å². The minimum Gasteiger partial charge on any atom is -0.461 e. The van der Waals surface area contributed by atoms with Gasteiger partial charge in [0.1, 0.15) is 11.5 Å². The van der Waals surface area contributed by atoms with Crippen LogP contribution >= 0.6 is 23.2 Å². The van der Waals surface area contributed by atoms with E-state index in [0.29, 0.717) is 33.4 Å². The third kappa shape index (κ3) is 2.30. The second-order valence-corrected chi connectivity index (χ2v) is 6.95. The maximum Gasteiger partial charge on any atom is 0.161 e. The number of hydrogen-bond acceptors (Lipinski definition) is 2. The molecule has 2 aromatic heterocycles. The Kier molecular flexibility index (Phi) is 3.45. The molecule has 1 aliphatic heterocycles. The number of hydrogen-bond donors (Lipinski definition) is 0. The van der Waals surface area contributed by atoms with Crippen LogP contribution in [-0.2, 0) is 6.54 Å². The molecule has 3 heterocycles. The molecule has 26 heavy (non-hydrogen) atoms. The maximum absolute atomic E-state index is 13.5. The van der Waals surface area contributed by atoms with Crippen LogP contribution in [0.15, 0.2) is 64.3 Å². The van der Waals surface area contributed by atoms with Crippen LogP contribution in [0.3, 0.4) is 0 Å². The number of aliphatic imine (C=N–C) groups is 1. The van der Waals surface area contributed by atoms with Crippen molar-refractivity contribution >= 4 is 39.7 Å². The zero-order valence-electron chi connectivity index (χ0n) is 13.3. The fraction of sp³-hybridized carbons (Fsp3) is 0.0500. The smallest absolute Gasteiger partial charge is 0.161 e. The van der Waals surface area contributed by atoms with E-state index < -0.39 is 0 Å². The van der Waals surface area contributed by atoms with Crippen molar-refractivity contribution in [1.29, 1.82) is 0 Å². The average molecular weight is 385 g/mol. The van der Waals surface area contributed by atoms with Gasteiger partial charge in [-0.3, -0.25) is 4.99 Å². The Hall–Kier alpha value is -2.56. The van der Waals surface area contributed by atoms with Crippen molar-refractivity contribution in [3.63, 3.8) is 0 Å². The zero-order chi connectivity index (χ0) is 17.8. The molecule has 0 N–H and O–H groups in total. The van der Waals surface area contributed by atoms with Crippen molar-refractivity contribution in [1.82, 2.24) is 4.57 Å². The summed E-state index contributed by atoms with van der Waals surface area (Å²) < 4.78 is 21.3. The van der Waals surface area contributed by atoms with Gasteiger partial charge in [0.05, 0.1) is 24.2 Å². The molecule has 0 aliphatic carbocycles. The normalized spacial score (nSPS) is 13.3. The predicted octanol–water partition coefficient (Wildman–Crippen LogP) is 6.02. The molecule has 1 aliphatic rings. The summed E-state index contributed by atoms with van der Waals surface area (Å²) in [5.41, 5.74) is 3.34. The molecule has 6 heteroatoms. The Morgan fingerprint density at radius 2 is 2.00 bits per heavy atom. The van der Waals surface area contributed by atoms with Crippen molar-refractivity contribution in [3.8, 4) is 5.69 Å². The summed E-state index contributed by atoms with van der Waals surface area (Å²) in [7, 11) is 0. The standard InChI is InChI=1S/C20H11Cl2FN2O/c21-12-7-16(22)15-9-24-19(17-2-1-5-25(17)18(15)8-12)20-14-4-3-13(23)6-11(14)10-26-20/h1-8,10H,9H2. The van der Waals surface area contributed by atoms with Crippen LogP contribution < -0.4 is 0 Å². The highest BCUT2D eigenvalue weighted by Crippen LogP contribution is 2.34. The Labute approximate surface area is 158 Å². The lowest BCUT2D eigenvalue weighted by atomic mass is 10.1. The van der Waals surface area contributed by atoms with Gasteiger partial charge in [-0.25, -0.2) is 4.39 Å². The predicted molar refractivity (Wildman–Crippen MR) is 101 cm³/mol. The van der Waals surface area contributed by atoms with Crippen LogP contribution in [0.5, 0.6) is 0 Å². The molecule has 5 rings (SSSR count). The number of halogens is 3. The Morgan fingerprint density at radius 1 is 1.12 bits per heavy atom. The van der Waals surface area contributed by atoms with Crippen molar-refractivity contribution in [2.75, 3.05) is 0 Å². The van der Waals surface area contributed by atoms with E-state index in [1.807, 2.05) is 29.0 Å². The lowest BCUT2D eigenvalue weighted by molar-refractivity contribution is 0.562. The van der Waals surface area contributed by atoms with Gasteiger partial charge in [0.25, 0.3) is 0 Å². The van der Waals surface area contributed by atoms with Gasteiger partial charge in [0.2, 0.25) is 0 Å². The number of benzene rings is 2. The highest BCUT2D eigenvalue weighted by molar-refractivity contribution is 6.35. The average Bonchev–Trinajstić information content (AvgIpc) is 3.21. The number of nitrogens with zero attached hydrogens (tertiary/aromatic N) is 2. The number of aromatic nitrogens is 1. The largest absolute Gasteiger partial charge is 0.461 e. The van der Waals surface area contributed by atoms with Gasteiger partial charge in [-0.1, -0.05) is 23.2 Å². The summed E-state index contributed by atoms with van der Waals surface area (Å²) in [6.07, 6.45) is 3.48. The molecular formula is C20H11Cl2FN2O. The monoisotopic (exact) mass is 384 g/mol. The van der Waals surface area contributed by atoms with E-state index in [4.69, 9.17) is 32.6 Å². The highest BCUT2D eigenvalue weighted by atomic mass is 35.5. The van der Waals surface area contributed by atoms with Gasteiger partial charge in [0.15, 0.2) is 5.76 Å². The van der Waals surface area contributed by atoms with Crippen LogP contribution in [0.1, 0.15) is 17.0 Å². The van der Waals surface area contributed by atoms with Gasteiger partial charge in [-0.05, 0) is 42.5 Å². The molecule has 0 fully saturated rings. The van der Waals surface area contributed by atoms with Gasteiger partial charge in [-0.2, -0.15) is 0 Å². The van der Waals surface area contributed by atoms with E-state index in [9.17, 15) is 4.39 Å². The first-order chi connectivity index (χ1) is 12.6. The van der Waals surface area contributed by atoms with E-state index in [0.717, 1.165) is 22.3 Å². The molecule has 0 radical (unpaired) electrons. The molecule has 0 unspecified atom stereocenters. The molecular weight excluding hydrogens is 374 g/mol. The Bertz CT molecular complexity index is 1210. The summed E-state index contributed by atoms with van der Waals surface area (Å²) in [6.45, 7) is 0.395. The summed E-state index contributed by atoms with van der Waals surface area (Å²) >= 11 is 12.6. The summed E-state index contributed by atoms with van der Waals surface area (Å²) in [6, 6.07) is 12.1. The third-order valence-corrected chi connectivity index (χ3v) is 5.12. The zero-order valence-corrected chi connectivity index (χ0v) is 14.9. The third-order valence-electron chi connectivity index (χ3n) is 4.56. The van der Waals surface area contributed by atoms with Gasteiger partial charge >= 0.3 is 0 Å². The van der Waals surface area contributed by atoms with E-state index in [-0.39, 0.29) is 5.82 Å². The molecule has 2 aromatic carbocycles. The van der Waals surface area contributed by atoms with Crippen LogP contribution in [0, 0.1) is 5.82 Å². The lowest BCUT2D eigenvalue weighted by Crippen LogP contribution is -2.08. The van der Waals surface area contributed by atoms with Crippen molar-refractivity contribution in [2.24, 2.45) is 4.99 Å². The number of furan rings is 1. The summed E-state index contributed by atoms with van der Waals surface area (Å²) in [5, 5.41) is 2.65. The minimum atomic E-state index is -0.301. The molecule has 4 aromatic rings. The highest BCUT2D eigenvalue weighted by Gasteiger charge is 2.23. The fourth-order valence-electron chi connectivity index (χ4n) is 3.38. The lowest BCUT2D eigenvalue weighted by Gasteiger charge is -2.12. The van der Waals surface area contributed by atoms with Crippen LogP contribution in [0.4, 0.5) is 4.39 Å². The van der Waals surface area contributed by atoms with E-state index in [1.54, 1.807) is 18.4 Å². The topological polar surface area (TPSA) is 30.4 Å². The summed E-state index contributed by atoms with van der Waals surface area (Å²) in [5.74, 6) is 0.305. The fourth-order valence-corrected chi connectivity index (χ4v) is 3.92. The summed E-state index contributed by atoms with van der Waals surface area (Å²) in [4.78, 5) is 4.76. The Balaban J connectivity index is 1.77. The quantitative estimate of drug-likeness (QED) is 0.394. The number of rotatable bonds is 1. The number of fused-ring (bicyclic) bond motifs is 4. The molecule has 0 bridgehead atoms. The SMILES string of the molecule is Fc1ccc2c(C3=NCc4c(Cl)cc(Cl)cc4-n4cccc43)occ2c1. The van der Waals surface area contributed by atoms with E-state index >= 15 is 0 Å².